The zero-order valence-electron chi connectivity index (χ0n) is 14.8. The molecule has 5 nitrogen and oxygen atoms in total. The fourth-order valence-corrected chi connectivity index (χ4v) is 5.44. The third kappa shape index (κ3) is 4.03. The van der Waals surface area contributed by atoms with Gasteiger partial charge in [-0.1, -0.05) is 42.2 Å². The molecule has 0 bridgehead atoms. The minimum atomic E-state index is 0.401. The number of hydrogen-bond donors (Lipinski definition) is 0. The van der Waals surface area contributed by atoms with Crippen LogP contribution in [0.25, 0.3) is 11.1 Å². The van der Waals surface area contributed by atoms with E-state index < -0.39 is 0 Å². The lowest BCUT2D eigenvalue weighted by Crippen LogP contribution is -2.34. The van der Waals surface area contributed by atoms with Gasteiger partial charge < -0.3 is 4.42 Å². The van der Waals surface area contributed by atoms with Crippen molar-refractivity contribution in [3.8, 4) is 0 Å². The second-order valence-corrected chi connectivity index (χ2v) is 9.50. The number of benzene rings is 1. The molecule has 1 aliphatic heterocycles. The largest absolute Gasteiger partial charge is 0.440 e. The summed E-state index contributed by atoms with van der Waals surface area (Å²) < 4.78 is 9.87. The fraction of sp³-hybridized carbons (Fsp3) is 0.500. The molecule has 3 aromatic rings. The number of thioether (sulfide) groups is 1. The van der Waals surface area contributed by atoms with E-state index in [1.165, 1.54) is 0 Å². The molecular formula is C18H22N4OS3. The molecule has 0 unspecified atom stereocenters. The molecule has 4 rings (SSSR count). The Hall–Kier alpha value is -1.22. The SMILES string of the molecule is CCCSc1nn(CN2CCC(c3nc4ccccc4o3)CC2)c(=S)s1. The van der Waals surface area contributed by atoms with Gasteiger partial charge in [-0.2, -0.15) is 5.10 Å². The first-order valence-electron chi connectivity index (χ1n) is 9.01. The number of fused-ring (bicyclic) bond motifs is 1. The molecular weight excluding hydrogens is 384 g/mol. The van der Waals surface area contributed by atoms with Crippen LogP contribution in [0.4, 0.5) is 0 Å². The lowest BCUT2D eigenvalue weighted by atomic mass is 9.97. The summed E-state index contributed by atoms with van der Waals surface area (Å²) in [6, 6.07) is 7.99. The van der Waals surface area contributed by atoms with E-state index in [0.717, 1.165) is 70.1 Å². The van der Waals surface area contributed by atoms with Crippen LogP contribution in [0, 0.1) is 3.95 Å². The number of piperidine rings is 1. The average Bonchev–Trinajstić information content (AvgIpc) is 3.24. The van der Waals surface area contributed by atoms with Gasteiger partial charge in [0.05, 0.1) is 6.67 Å². The lowest BCUT2D eigenvalue weighted by Gasteiger charge is -2.30. The number of para-hydroxylation sites is 2. The summed E-state index contributed by atoms with van der Waals surface area (Å²) in [5.41, 5.74) is 1.84. The molecule has 138 valence electrons. The van der Waals surface area contributed by atoms with Crippen molar-refractivity contribution in [2.75, 3.05) is 18.8 Å². The highest BCUT2D eigenvalue weighted by atomic mass is 32.2. The topological polar surface area (TPSA) is 47.1 Å². The zero-order chi connectivity index (χ0) is 17.9. The van der Waals surface area contributed by atoms with Gasteiger partial charge in [-0.3, -0.25) is 4.90 Å². The van der Waals surface area contributed by atoms with Crippen molar-refractivity contribution in [1.82, 2.24) is 19.7 Å². The van der Waals surface area contributed by atoms with Gasteiger partial charge in [0.15, 0.2) is 19.8 Å². The molecule has 1 aromatic carbocycles. The van der Waals surface area contributed by atoms with Crippen molar-refractivity contribution in [3.63, 3.8) is 0 Å². The van der Waals surface area contributed by atoms with Crippen LogP contribution in [0.5, 0.6) is 0 Å². The maximum atomic E-state index is 5.96. The van der Waals surface area contributed by atoms with E-state index >= 15 is 0 Å². The number of oxazole rings is 1. The Balaban J connectivity index is 1.36. The number of nitrogens with zero attached hydrogens (tertiary/aromatic N) is 4. The highest BCUT2D eigenvalue weighted by Gasteiger charge is 2.25. The highest BCUT2D eigenvalue weighted by molar-refractivity contribution is 8.01. The van der Waals surface area contributed by atoms with Crippen molar-refractivity contribution < 1.29 is 4.42 Å². The maximum Gasteiger partial charge on any atom is 0.198 e. The summed E-state index contributed by atoms with van der Waals surface area (Å²) >= 11 is 8.90. The van der Waals surface area contributed by atoms with Gasteiger partial charge in [0.25, 0.3) is 0 Å². The van der Waals surface area contributed by atoms with Crippen LogP contribution in [0.1, 0.15) is 38.0 Å². The molecule has 1 saturated heterocycles. The quantitative estimate of drug-likeness (QED) is 0.416. The van der Waals surface area contributed by atoms with E-state index in [1.54, 1.807) is 23.1 Å². The Labute approximate surface area is 166 Å². The van der Waals surface area contributed by atoms with Crippen LogP contribution in [-0.2, 0) is 6.67 Å². The van der Waals surface area contributed by atoms with Gasteiger partial charge in [0, 0.05) is 24.8 Å². The Morgan fingerprint density at radius 3 is 2.88 bits per heavy atom. The average molecular weight is 407 g/mol. The number of hydrogen-bond acceptors (Lipinski definition) is 7. The summed E-state index contributed by atoms with van der Waals surface area (Å²) in [7, 11) is 0. The van der Waals surface area contributed by atoms with Gasteiger partial charge >= 0.3 is 0 Å². The van der Waals surface area contributed by atoms with Gasteiger partial charge in [-0.25, -0.2) is 9.67 Å². The summed E-state index contributed by atoms with van der Waals surface area (Å²) in [6.07, 6.45) is 3.27. The smallest absolute Gasteiger partial charge is 0.198 e. The van der Waals surface area contributed by atoms with Crippen molar-refractivity contribution >= 4 is 46.4 Å². The van der Waals surface area contributed by atoms with Crippen LogP contribution in [0.2, 0.25) is 0 Å². The van der Waals surface area contributed by atoms with E-state index in [0.29, 0.717) is 5.92 Å². The first-order valence-corrected chi connectivity index (χ1v) is 11.2. The summed E-state index contributed by atoms with van der Waals surface area (Å²) in [6.45, 7) is 4.99. The lowest BCUT2D eigenvalue weighted by molar-refractivity contribution is 0.153. The zero-order valence-corrected chi connectivity index (χ0v) is 17.2. The molecule has 3 heterocycles. The third-order valence-corrected chi connectivity index (χ3v) is 7.25. The van der Waals surface area contributed by atoms with E-state index in [2.05, 4.69) is 21.9 Å². The number of aromatic nitrogens is 3. The van der Waals surface area contributed by atoms with Gasteiger partial charge in [0.2, 0.25) is 0 Å². The van der Waals surface area contributed by atoms with Gasteiger partial charge in [-0.05, 0) is 43.6 Å². The highest BCUT2D eigenvalue weighted by Crippen LogP contribution is 2.30. The molecule has 0 atom stereocenters. The number of likely N-dealkylation sites (tertiary alicyclic amines) is 1. The standard InChI is InChI=1S/C18H22N4OS3/c1-2-11-25-17-20-22(18(24)26-17)12-21-9-7-13(8-10-21)16-19-14-5-3-4-6-15(14)23-16/h3-6,13H,2,7-12H2,1H3. The summed E-state index contributed by atoms with van der Waals surface area (Å²) in [4.78, 5) is 7.09. The second-order valence-electron chi connectivity index (χ2n) is 6.54. The molecule has 0 aliphatic carbocycles. The molecule has 0 radical (unpaired) electrons. The summed E-state index contributed by atoms with van der Waals surface area (Å²) in [5.74, 6) is 2.38. The minimum Gasteiger partial charge on any atom is -0.440 e. The van der Waals surface area contributed by atoms with Crippen LogP contribution in [0.15, 0.2) is 33.0 Å². The first-order chi connectivity index (χ1) is 12.7. The Morgan fingerprint density at radius 2 is 2.12 bits per heavy atom. The van der Waals surface area contributed by atoms with E-state index in [9.17, 15) is 0 Å². The van der Waals surface area contributed by atoms with E-state index in [4.69, 9.17) is 16.6 Å². The van der Waals surface area contributed by atoms with E-state index in [-0.39, 0.29) is 0 Å². The van der Waals surface area contributed by atoms with E-state index in [1.807, 2.05) is 28.9 Å². The van der Waals surface area contributed by atoms with Crippen molar-refractivity contribution in [3.05, 3.63) is 34.1 Å². The first kappa shape index (κ1) is 18.2. The minimum absolute atomic E-state index is 0.401. The van der Waals surface area contributed by atoms with Crippen LogP contribution in [-0.4, -0.2) is 38.5 Å². The molecule has 0 spiro atoms. The van der Waals surface area contributed by atoms with Crippen LogP contribution in [0.3, 0.4) is 0 Å². The Morgan fingerprint density at radius 1 is 1.31 bits per heavy atom. The molecule has 1 fully saturated rings. The van der Waals surface area contributed by atoms with Crippen molar-refractivity contribution in [1.29, 1.82) is 0 Å². The predicted octanol–water partition coefficient (Wildman–Crippen LogP) is 5.15. The number of rotatable bonds is 6. The Bertz CT molecular complexity index is 891. The maximum absolute atomic E-state index is 5.96. The molecule has 8 heteroatoms. The predicted molar refractivity (Wildman–Crippen MR) is 110 cm³/mol. The monoisotopic (exact) mass is 406 g/mol. The van der Waals surface area contributed by atoms with Crippen LogP contribution >= 0.6 is 35.3 Å². The van der Waals surface area contributed by atoms with Gasteiger partial charge in [-0.15, -0.1) is 0 Å². The van der Waals surface area contributed by atoms with Gasteiger partial charge in [0.1, 0.15) is 5.52 Å². The third-order valence-electron chi connectivity index (χ3n) is 4.60. The normalized spacial score (nSPS) is 16.5. The molecule has 0 amide bonds. The second kappa shape index (κ2) is 8.21. The molecule has 0 N–H and O–H groups in total. The fourth-order valence-electron chi connectivity index (χ4n) is 3.20. The molecule has 0 saturated carbocycles. The van der Waals surface area contributed by atoms with Crippen molar-refractivity contribution in [2.24, 2.45) is 0 Å². The van der Waals surface area contributed by atoms with Crippen molar-refractivity contribution in [2.45, 2.75) is 43.1 Å². The molecule has 1 aliphatic rings. The summed E-state index contributed by atoms with van der Waals surface area (Å²) in [5, 5.41) is 4.67. The molecule has 26 heavy (non-hydrogen) atoms. The molecule has 2 aromatic heterocycles. The van der Waals surface area contributed by atoms with Crippen LogP contribution < -0.4 is 0 Å². The Kier molecular flexibility index (Phi) is 5.73.